The average molecular weight is 415 g/mol. The molecule has 3 rings (SSSR count). The molecule has 0 bridgehead atoms. The minimum atomic E-state index is -1.67. The highest BCUT2D eigenvalue weighted by molar-refractivity contribution is 6.73. The molecular formula is C25H38O3Si. The maximum atomic E-state index is 11.8. The lowest BCUT2D eigenvalue weighted by atomic mass is 9.65. The zero-order valence-electron chi connectivity index (χ0n) is 18.9. The van der Waals surface area contributed by atoms with Gasteiger partial charge in [0.15, 0.2) is 0 Å². The van der Waals surface area contributed by atoms with Crippen molar-refractivity contribution in [2.45, 2.75) is 77.1 Å². The predicted octanol–water partition coefficient (Wildman–Crippen LogP) is 6.34. The molecule has 0 saturated carbocycles. The number of hydrogen-bond acceptors (Lipinski definition) is 3. The molecule has 3 nitrogen and oxygen atoms in total. The summed E-state index contributed by atoms with van der Waals surface area (Å²) < 4.78 is 12.2. The van der Waals surface area contributed by atoms with Crippen LogP contribution in [0.2, 0.25) is 18.1 Å². The molecule has 0 heterocycles. The van der Waals surface area contributed by atoms with E-state index in [2.05, 4.69) is 40.3 Å². The van der Waals surface area contributed by atoms with Crippen molar-refractivity contribution < 1.29 is 14.3 Å². The Kier molecular flexibility index (Phi) is 6.64. The van der Waals surface area contributed by atoms with Gasteiger partial charge in [0.05, 0.1) is 12.9 Å². The minimum Gasteiger partial charge on any atom is -0.547 e. The number of methoxy groups -OCH3 is 1. The average Bonchev–Trinajstić information content (AvgIpc) is 3.11. The van der Waals surface area contributed by atoms with Crippen LogP contribution in [-0.2, 0) is 16.4 Å². The van der Waals surface area contributed by atoms with Crippen LogP contribution in [0.5, 0.6) is 5.75 Å². The Balaban J connectivity index is 1.92. The molecular weight excluding hydrogens is 376 g/mol. The fourth-order valence-corrected chi connectivity index (χ4v) is 8.28. The Labute approximate surface area is 178 Å². The van der Waals surface area contributed by atoms with Gasteiger partial charge in [0.2, 0.25) is 8.32 Å². The third kappa shape index (κ3) is 3.82. The summed E-state index contributed by atoms with van der Waals surface area (Å²) in [7, 11) is 0.0180. The van der Waals surface area contributed by atoms with Gasteiger partial charge in [-0.05, 0) is 79.1 Å². The molecule has 2 aliphatic carbocycles. The second-order valence-corrected chi connectivity index (χ2v) is 13.5. The first-order chi connectivity index (χ1) is 13.9. The molecule has 160 valence electrons. The molecule has 4 heteroatoms. The van der Waals surface area contributed by atoms with Gasteiger partial charge in [0.25, 0.3) is 0 Å². The Morgan fingerprint density at radius 3 is 2.45 bits per heavy atom. The lowest BCUT2D eigenvalue weighted by molar-refractivity contribution is -0.00953. The van der Waals surface area contributed by atoms with Crippen molar-refractivity contribution in [3.05, 3.63) is 53.3 Å². The minimum absolute atomic E-state index is 0.142. The van der Waals surface area contributed by atoms with Gasteiger partial charge in [-0.15, -0.1) is 0 Å². The number of fused-ring (bicyclic) bond motifs is 1. The van der Waals surface area contributed by atoms with E-state index in [1.54, 1.807) is 13.2 Å². The number of benzene rings is 1. The van der Waals surface area contributed by atoms with Crippen molar-refractivity contribution in [3.8, 4) is 5.75 Å². The van der Waals surface area contributed by atoms with Crippen LogP contribution < -0.4 is 4.74 Å². The van der Waals surface area contributed by atoms with Gasteiger partial charge < -0.3 is 14.3 Å². The second kappa shape index (κ2) is 8.69. The van der Waals surface area contributed by atoms with E-state index in [0.717, 1.165) is 55.1 Å². The van der Waals surface area contributed by atoms with Crippen molar-refractivity contribution in [2.75, 3.05) is 7.11 Å². The molecule has 0 aliphatic heterocycles. The zero-order valence-corrected chi connectivity index (χ0v) is 19.9. The molecule has 0 amide bonds. The van der Waals surface area contributed by atoms with Gasteiger partial charge in [-0.1, -0.05) is 39.5 Å². The SMILES string of the molecule is C=CC1(O)c2ccc(OC)cc2CCC1C1CCC(O[Si](CC)(CC)CC)=C1C. The van der Waals surface area contributed by atoms with E-state index in [1.807, 2.05) is 12.1 Å². The van der Waals surface area contributed by atoms with Crippen LogP contribution in [0.1, 0.15) is 58.1 Å². The van der Waals surface area contributed by atoms with Crippen LogP contribution in [0.3, 0.4) is 0 Å². The van der Waals surface area contributed by atoms with E-state index in [0.29, 0.717) is 5.92 Å². The molecule has 0 saturated heterocycles. The number of ether oxygens (including phenoxy) is 1. The maximum Gasteiger partial charge on any atom is 0.250 e. The topological polar surface area (TPSA) is 38.7 Å². The second-order valence-electron chi connectivity index (χ2n) is 8.79. The van der Waals surface area contributed by atoms with Gasteiger partial charge in [-0.25, -0.2) is 0 Å². The van der Waals surface area contributed by atoms with Gasteiger partial charge in [0, 0.05) is 12.3 Å². The quantitative estimate of drug-likeness (QED) is 0.398. The van der Waals surface area contributed by atoms with E-state index < -0.39 is 13.9 Å². The number of rotatable bonds is 8. The lowest BCUT2D eigenvalue weighted by Crippen LogP contribution is -2.41. The fraction of sp³-hybridized carbons (Fsp3) is 0.600. The molecule has 0 radical (unpaired) electrons. The van der Waals surface area contributed by atoms with Crippen LogP contribution in [-0.4, -0.2) is 20.5 Å². The smallest absolute Gasteiger partial charge is 0.250 e. The van der Waals surface area contributed by atoms with E-state index in [4.69, 9.17) is 9.16 Å². The van der Waals surface area contributed by atoms with Crippen LogP contribution in [0, 0.1) is 11.8 Å². The highest BCUT2D eigenvalue weighted by Crippen LogP contribution is 2.51. The number of allylic oxidation sites excluding steroid dienone is 2. The van der Waals surface area contributed by atoms with E-state index in [9.17, 15) is 5.11 Å². The van der Waals surface area contributed by atoms with E-state index >= 15 is 0 Å². The van der Waals surface area contributed by atoms with Crippen molar-refractivity contribution in [2.24, 2.45) is 11.8 Å². The first-order valence-corrected chi connectivity index (χ1v) is 13.8. The Hall–Kier alpha value is -1.52. The predicted molar refractivity (Wildman–Crippen MR) is 123 cm³/mol. The van der Waals surface area contributed by atoms with Crippen LogP contribution in [0.25, 0.3) is 0 Å². The summed E-state index contributed by atoms with van der Waals surface area (Å²) in [4.78, 5) is 0. The van der Waals surface area contributed by atoms with E-state index in [-0.39, 0.29) is 5.92 Å². The molecule has 2 aliphatic rings. The number of hydrogen-bond donors (Lipinski definition) is 1. The normalized spacial score (nSPS) is 27.0. The highest BCUT2D eigenvalue weighted by atomic mass is 28.4. The molecule has 3 atom stereocenters. The van der Waals surface area contributed by atoms with Crippen LogP contribution >= 0.6 is 0 Å². The standard InChI is InChI=1S/C25H38O3Si/c1-7-25(26)22-15-12-20(27-6)17-19(22)11-14-23(25)21-13-16-24(18(21)5)28-29(8-2,9-3)10-4/h7,12,15,17,21,23,26H,1,8-11,13-14,16H2,2-6H3. The van der Waals surface area contributed by atoms with E-state index in [1.165, 1.54) is 16.9 Å². The third-order valence-electron chi connectivity index (χ3n) is 7.78. The van der Waals surface area contributed by atoms with Crippen molar-refractivity contribution in [1.29, 1.82) is 0 Å². The molecule has 3 unspecified atom stereocenters. The third-order valence-corrected chi connectivity index (χ3v) is 12.3. The monoisotopic (exact) mass is 414 g/mol. The Bertz CT molecular complexity index is 772. The molecule has 0 fully saturated rings. The molecule has 0 aromatic heterocycles. The maximum absolute atomic E-state index is 11.8. The largest absolute Gasteiger partial charge is 0.547 e. The van der Waals surface area contributed by atoms with Crippen molar-refractivity contribution in [3.63, 3.8) is 0 Å². The fourth-order valence-electron chi connectivity index (χ4n) is 5.56. The lowest BCUT2D eigenvalue weighted by Gasteiger charge is -2.43. The van der Waals surface area contributed by atoms with Gasteiger partial charge in [0.1, 0.15) is 11.4 Å². The molecule has 1 aromatic carbocycles. The highest BCUT2D eigenvalue weighted by Gasteiger charge is 2.47. The summed E-state index contributed by atoms with van der Waals surface area (Å²) >= 11 is 0. The first kappa shape index (κ1) is 22.2. The summed E-state index contributed by atoms with van der Waals surface area (Å²) in [5.74, 6) is 2.56. The Morgan fingerprint density at radius 1 is 1.17 bits per heavy atom. The van der Waals surface area contributed by atoms with Crippen LogP contribution in [0.4, 0.5) is 0 Å². The summed E-state index contributed by atoms with van der Waals surface area (Å²) in [6.07, 6.45) is 5.75. The zero-order chi connectivity index (χ0) is 21.2. The number of aryl methyl sites for hydroxylation is 1. The van der Waals surface area contributed by atoms with Gasteiger partial charge in [-0.2, -0.15) is 0 Å². The molecule has 1 N–H and O–H groups in total. The first-order valence-electron chi connectivity index (χ1n) is 11.3. The number of aliphatic hydroxyl groups is 1. The summed E-state index contributed by atoms with van der Waals surface area (Å²) in [5, 5.41) is 11.8. The van der Waals surface area contributed by atoms with Gasteiger partial charge >= 0.3 is 0 Å². The molecule has 29 heavy (non-hydrogen) atoms. The summed E-state index contributed by atoms with van der Waals surface area (Å²) in [6.45, 7) is 13.1. The summed E-state index contributed by atoms with van der Waals surface area (Å²) in [6, 6.07) is 9.53. The van der Waals surface area contributed by atoms with Crippen LogP contribution in [0.15, 0.2) is 42.2 Å². The summed E-state index contributed by atoms with van der Waals surface area (Å²) in [5.41, 5.74) is 2.52. The molecule has 1 aromatic rings. The molecule has 0 spiro atoms. The van der Waals surface area contributed by atoms with Gasteiger partial charge in [-0.3, -0.25) is 0 Å². The Morgan fingerprint density at radius 2 is 1.86 bits per heavy atom. The van der Waals surface area contributed by atoms with Crippen molar-refractivity contribution >= 4 is 8.32 Å². The van der Waals surface area contributed by atoms with Crippen molar-refractivity contribution in [1.82, 2.24) is 0 Å².